The molecular weight excluding hydrogens is 675 g/mol. The zero-order valence-corrected chi connectivity index (χ0v) is 31.3. The second-order valence-corrected chi connectivity index (χ2v) is 16.1. The maximum atomic E-state index is 15.6. The molecule has 1 aliphatic carbocycles. The number of rotatable bonds is 8. The number of imidazole rings is 1. The molecule has 280 valence electrons. The molecule has 2 aromatic carbocycles. The van der Waals surface area contributed by atoms with Crippen LogP contribution in [0.15, 0.2) is 42.7 Å². The van der Waals surface area contributed by atoms with Gasteiger partial charge in [-0.3, -0.25) is 14.5 Å². The molecule has 12 heteroatoms. The van der Waals surface area contributed by atoms with Gasteiger partial charge in [-0.05, 0) is 128 Å². The fraction of sp³-hybridized carbons (Fsp3) is 0.512. The Morgan fingerprint density at radius 2 is 1.83 bits per heavy atom. The van der Waals surface area contributed by atoms with E-state index in [2.05, 4.69) is 46.8 Å². The Kier molecular flexibility index (Phi) is 9.25. The summed E-state index contributed by atoms with van der Waals surface area (Å²) in [7, 11) is 0. The van der Waals surface area contributed by atoms with Crippen LogP contribution in [-0.4, -0.2) is 81.7 Å². The summed E-state index contributed by atoms with van der Waals surface area (Å²) < 4.78 is 31.9. The van der Waals surface area contributed by atoms with Gasteiger partial charge in [0.1, 0.15) is 17.5 Å². The standard InChI is InChI=1S/C41H50F2N8O2/c1-23(2)46-39(52)30-19-34(32(43)15-25(30)5)48-38-37-35(45-22-50(37)24(3)4)20-33(47-38)26-8-9-31-36(16-26)51(40(53)41(31)10-12-44-13-11-41)29-17-28(18-29)49-14-6-7-27(42)21-49/h8-9,15-16,19-20,22-24,27-29,44H,6-7,10-14,17-18,21H2,1-5H3,(H,46,52)(H,47,48)/t27-,28?,29?/m1/s1. The van der Waals surface area contributed by atoms with E-state index in [9.17, 15) is 14.0 Å². The molecule has 3 aliphatic heterocycles. The molecule has 1 atom stereocenters. The Labute approximate surface area is 309 Å². The van der Waals surface area contributed by atoms with Crippen molar-refractivity contribution >= 4 is 40.0 Å². The number of piperidine rings is 2. The van der Waals surface area contributed by atoms with E-state index in [1.54, 1.807) is 19.3 Å². The number of nitrogens with zero attached hydrogens (tertiary/aromatic N) is 5. The van der Waals surface area contributed by atoms with Gasteiger partial charge in [-0.25, -0.2) is 18.7 Å². The van der Waals surface area contributed by atoms with Crippen molar-refractivity contribution in [2.75, 3.05) is 36.4 Å². The lowest BCUT2D eigenvalue weighted by Crippen LogP contribution is -2.59. The van der Waals surface area contributed by atoms with Gasteiger partial charge in [-0.15, -0.1) is 0 Å². The number of alkyl halides is 1. The SMILES string of the molecule is Cc1cc(F)c(Nc2nc(-c3ccc4c(c3)N(C3CC(N5CCC[C@@H](F)C5)C3)C(=O)C43CCNCC3)cc3ncn(C(C)C)c23)cc1C(=O)NC(C)C. The number of fused-ring (bicyclic) bond motifs is 3. The lowest BCUT2D eigenvalue weighted by Gasteiger charge is -2.48. The number of aryl methyl sites for hydroxylation is 1. The lowest BCUT2D eigenvalue weighted by atomic mass is 9.74. The summed E-state index contributed by atoms with van der Waals surface area (Å²) in [6, 6.07) is 11.4. The highest BCUT2D eigenvalue weighted by Gasteiger charge is 2.55. The van der Waals surface area contributed by atoms with Crippen molar-refractivity contribution in [1.82, 2.24) is 30.1 Å². The normalized spacial score (nSPS) is 22.8. The predicted molar refractivity (Wildman–Crippen MR) is 204 cm³/mol. The Balaban J connectivity index is 1.18. The van der Waals surface area contributed by atoms with E-state index in [1.165, 1.54) is 6.07 Å². The van der Waals surface area contributed by atoms with E-state index in [4.69, 9.17) is 9.97 Å². The number of nitrogens with one attached hydrogen (secondary N) is 3. The van der Waals surface area contributed by atoms with Crippen molar-refractivity contribution in [3.8, 4) is 11.3 Å². The maximum Gasteiger partial charge on any atom is 0.251 e. The maximum absolute atomic E-state index is 15.6. The molecule has 53 heavy (non-hydrogen) atoms. The molecule has 5 heterocycles. The fourth-order valence-electron chi connectivity index (χ4n) is 8.97. The Morgan fingerprint density at radius 1 is 1.06 bits per heavy atom. The Morgan fingerprint density at radius 3 is 2.55 bits per heavy atom. The molecule has 0 radical (unpaired) electrons. The molecule has 10 nitrogen and oxygen atoms in total. The largest absolute Gasteiger partial charge is 0.350 e. The van der Waals surface area contributed by atoms with Crippen molar-refractivity contribution in [3.63, 3.8) is 0 Å². The van der Waals surface area contributed by atoms with Crippen molar-refractivity contribution in [2.24, 2.45) is 0 Å². The summed E-state index contributed by atoms with van der Waals surface area (Å²) in [4.78, 5) is 41.8. The van der Waals surface area contributed by atoms with Gasteiger partial charge in [0.05, 0.1) is 28.6 Å². The van der Waals surface area contributed by atoms with Crippen LogP contribution in [0.2, 0.25) is 0 Å². The Hall–Kier alpha value is -4.42. The van der Waals surface area contributed by atoms with E-state index in [-0.39, 0.29) is 41.7 Å². The number of anilines is 3. The van der Waals surface area contributed by atoms with Crippen LogP contribution in [0.4, 0.5) is 26.0 Å². The third kappa shape index (κ3) is 6.27. The number of pyridine rings is 1. The van der Waals surface area contributed by atoms with Crippen molar-refractivity contribution in [1.29, 1.82) is 0 Å². The van der Waals surface area contributed by atoms with E-state index < -0.39 is 17.4 Å². The molecule has 3 N–H and O–H groups in total. The minimum atomic E-state index is -0.775. The highest BCUT2D eigenvalue weighted by molar-refractivity contribution is 6.09. The average Bonchev–Trinajstić information content (AvgIpc) is 3.63. The number of hydrogen-bond donors (Lipinski definition) is 3. The number of aromatic nitrogens is 3. The first kappa shape index (κ1) is 35.6. The van der Waals surface area contributed by atoms with E-state index in [0.29, 0.717) is 41.1 Å². The Bertz CT molecular complexity index is 2070. The van der Waals surface area contributed by atoms with E-state index in [1.807, 2.05) is 35.4 Å². The minimum Gasteiger partial charge on any atom is -0.350 e. The van der Waals surface area contributed by atoms with Gasteiger partial charge in [-0.2, -0.15) is 0 Å². The van der Waals surface area contributed by atoms with Crippen LogP contribution >= 0.6 is 0 Å². The van der Waals surface area contributed by atoms with Crippen LogP contribution in [-0.2, 0) is 10.2 Å². The van der Waals surface area contributed by atoms with Gasteiger partial charge >= 0.3 is 0 Å². The molecule has 1 saturated carbocycles. The third-order valence-electron chi connectivity index (χ3n) is 11.9. The van der Waals surface area contributed by atoms with Gasteiger partial charge in [0, 0.05) is 47.5 Å². The first-order valence-corrected chi connectivity index (χ1v) is 19.3. The van der Waals surface area contributed by atoms with Crippen molar-refractivity contribution in [3.05, 3.63) is 65.2 Å². The predicted octanol–water partition coefficient (Wildman–Crippen LogP) is 6.94. The topological polar surface area (TPSA) is 107 Å². The van der Waals surface area contributed by atoms with Crippen molar-refractivity contribution < 1.29 is 18.4 Å². The molecule has 8 rings (SSSR count). The van der Waals surface area contributed by atoms with Crippen molar-refractivity contribution in [2.45, 2.75) is 109 Å². The van der Waals surface area contributed by atoms with Gasteiger partial charge in [-0.1, -0.05) is 12.1 Å². The van der Waals surface area contributed by atoms with Gasteiger partial charge < -0.3 is 25.4 Å². The number of benzene rings is 2. The second kappa shape index (κ2) is 13.8. The van der Waals surface area contributed by atoms with Gasteiger partial charge in [0.15, 0.2) is 5.82 Å². The molecule has 2 saturated heterocycles. The summed E-state index contributed by atoms with van der Waals surface area (Å²) >= 11 is 0. The molecule has 2 amide bonds. The molecule has 4 aromatic rings. The summed E-state index contributed by atoms with van der Waals surface area (Å²) in [5, 5.41) is 9.59. The molecule has 0 unspecified atom stereocenters. The highest BCUT2D eigenvalue weighted by Crippen LogP contribution is 2.51. The van der Waals surface area contributed by atoms with Gasteiger partial charge in [0.25, 0.3) is 5.91 Å². The smallest absolute Gasteiger partial charge is 0.251 e. The summed E-state index contributed by atoms with van der Waals surface area (Å²) in [5.41, 5.74) is 5.34. The second-order valence-electron chi connectivity index (χ2n) is 16.1. The van der Waals surface area contributed by atoms with Crippen LogP contribution in [0.3, 0.4) is 0 Å². The highest BCUT2D eigenvalue weighted by atomic mass is 19.1. The molecule has 1 spiro atoms. The fourth-order valence-corrected chi connectivity index (χ4v) is 8.97. The number of carbonyl (C=O) groups is 2. The van der Waals surface area contributed by atoms with Crippen LogP contribution in [0.25, 0.3) is 22.3 Å². The van der Waals surface area contributed by atoms with Gasteiger partial charge in [0.2, 0.25) is 5.91 Å². The molecule has 3 fully saturated rings. The number of hydrogen-bond acceptors (Lipinski definition) is 7. The third-order valence-corrected chi connectivity index (χ3v) is 11.9. The number of likely N-dealkylation sites (tertiary alicyclic amines) is 1. The zero-order valence-electron chi connectivity index (χ0n) is 31.3. The number of amides is 2. The summed E-state index contributed by atoms with van der Waals surface area (Å²) in [6.07, 6.45) is 5.65. The molecule has 4 aliphatic rings. The van der Waals surface area contributed by atoms with Crippen LogP contribution < -0.4 is 20.9 Å². The monoisotopic (exact) mass is 724 g/mol. The average molecular weight is 725 g/mol. The van der Waals surface area contributed by atoms with Crippen LogP contribution in [0, 0.1) is 12.7 Å². The first-order chi connectivity index (χ1) is 25.4. The zero-order chi connectivity index (χ0) is 37.2. The summed E-state index contributed by atoms with van der Waals surface area (Å²) in [5.74, 6) is -0.183. The van der Waals surface area contributed by atoms with Crippen LogP contribution in [0.1, 0.15) is 93.7 Å². The molecule has 0 bridgehead atoms. The van der Waals surface area contributed by atoms with E-state index >= 15 is 4.39 Å². The molecule has 2 aromatic heterocycles. The number of halogens is 2. The minimum absolute atomic E-state index is 0.0520. The molecular formula is C41H50F2N8O2. The lowest BCUT2D eigenvalue weighted by molar-refractivity contribution is -0.125. The van der Waals surface area contributed by atoms with Crippen LogP contribution in [0.5, 0.6) is 0 Å². The first-order valence-electron chi connectivity index (χ1n) is 19.3. The quantitative estimate of drug-likeness (QED) is 0.181. The number of carbonyl (C=O) groups excluding carboxylic acids is 2. The van der Waals surface area contributed by atoms with E-state index in [0.717, 1.165) is 74.1 Å². The summed E-state index contributed by atoms with van der Waals surface area (Å²) in [6.45, 7) is 12.5.